The lowest BCUT2D eigenvalue weighted by Crippen LogP contribution is -2.57. The van der Waals surface area contributed by atoms with Crippen molar-refractivity contribution in [1.29, 1.82) is 0 Å². The highest BCUT2D eigenvalue weighted by atomic mass is 32.2. The SMILES string of the molecule is CC[N+](CC)(CC)C(C)CN1c2ccccc2Sc2ccccc21. The Morgan fingerprint density at radius 2 is 1.29 bits per heavy atom. The van der Waals surface area contributed by atoms with Crippen molar-refractivity contribution < 1.29 is 4.48 Å². The minimum absolute atomic E-state index is 0.592. The summed E-state index contributed by atoms with van der Waals surface area (Å²) in [5.74, 6) is 0. The van der Waals surface area contributed by atoms with Crippen molar-refractivity contribution in [1.82, 2.24) is 0 Å². The third kappa shape index (κ3) is 2.96. The lowest BCUT2D eigenvalue weighted by Gasteiger charge is -2.44. The minimum Gasteiger partial charge on any atom is -0.334 e. The Hall–Kier alpha value is -1.45. The van der Waals surface area contributed by atoms with Crippen LogP contribution in [0.5, 0.6) is 0 Å². The van der Waals surface area contributed by atoms with Gasteiger partial charge in [-0.3, -0.25) is 0 Å². The molecule has 1 atom stereocenters. The fourth-order valence-electron chi connectivity index (χ4n) is 4.02. The summed E-state index contributed by atoms with van der Waals surface area (Å²) in [6.45, 7) is 14.1. The summed E-state index contributed by atoms with van der Waals surface area (Å²) < 4.78 is 1.17. The predicted octanol–water partition coefficient (Wildman–Crippen LogP) is 5.55. The van der Waals surface area contributed by atoms with Gasteiger partial charge < -0.3 is 9.38 Å². The molecule has 0 saturated heterocycles. The second-order valence-corrected chi connectivity index (χ2v) is 7.75. The van der Waals surface area contributed by atoms with Crippen molar-refractivity contribution in [2.24, 2.45) is 0 Å². The summed E-state index contributed by atoms with van der Waals surface area (Å²) in [4.78, 5) is 5.27. The van der Waals surface area contributed by atoms with Crippen LogP contribution in [0.3, 0.4) is 0 Å². The third-order valence-corrected chi connectivity index (χ3v) is 6.93. The molecule has 0 aliphatic carbocycles. The van der Waals surface area contributed by atoms with E-state index in [1.165, 1.54) is 45.3 Å². The lowest BCUT2D eigenvalue weighted by molar-refractivity contribution is -0.943. The number of benzene rings is 2. The number of fused-ring (bicyclic) bond motifs is 2. The molecule has 0 bridgehead atoms. The summed E-state index contributed by atoms with van der Waals surface area (Å²) >= 11 is 1.89. The van der Waals surface area contributed by atoms with Crippen LogP contribution in [0.25, 0.3) is 0 Å². The number of nitrogens with zero attached hydrogens (tertiary/aromatic N) is 2. The largest absolute Gasteiger partial charge is 0.334 e. The fraction of sp³-hybridized carbons (Fsp3) is 0.429. The average Bonchev–Trinajstić information content (AvgIpc) is 2.63. The summed E-state index contributed by atoms with van der Waals surface area (Å²) in [6, 6.07) is 18.2. The van der Waals surface area contributed by atoms with Gasteiger partial charge in [0.1, 0.15) is 6.04 Å². The predicted molar refractivity (Wildman–Crippen MR) is 105 cm³/mol. The van der Waals surface area contributed by atoms with Crippen molar-refractivity contribution >= 4 is 23.1 Å². The monoisotopic (exact) mass is 341 g/mol. The molecular weight excluding hydrogens is 312 g/mol. The van der Waals surface area contributed by atoms with E-state index in [0.717, 1.165) is 6.54 Å². The Labute approximate surface area is 151 Å². The first-order valence-corrected chi connectivity index (χ1v) is 9.96. The number of likely N-dealkylation sites (N-methyl/N-ethyl adjacent to an activating group) is 1. The fourth-order valence-corrected chi connectivity index (χ4v) is 5.12. The molecule has 0 radical (unpaired) electrons. The van der Waals surface area contributed by atoms with E-state index in [1.54, 1.807) is 0 Å². The normalized spacial score (nSPS) is 14.9. The van der Waals surface area contributed by atoms with Gasteiger partial charge in [-0.25, -0.2) is 0 Å². The Morgan fingerprint density at radius 1 is 0.833 bits per heavy atom. The van der Waals surface area contributed by atoms with E-state index in [0.29, 0.717) is 6.04 Å². The first-order valence-electron chi connectivity index (χ1n) is 9.14. The molecule has 3 heteroatoms. The molecule has 1 aliphatic rings. The number of hydrogen-bond donors (Lipinski definition) is 0. The summed E-state index contributed by atoms with van der Waals surface area (Å²) in [5.41, 5.74) is 2.71. The lowest BCUT2D eigenvalue weighted by atomic mass is 10.1. The molecule has 0 aromatic heterocycles. The van der Waals surface area contributed by atoms with Crippen LogP contribution < -0.4 is 4.90 Å². The van der Waals surface area contributed by atoms with Crippen molar-refractivity contribution in [3.8, 4) is 0 Å². The smallest absolute Gasteiger partial charge is 0.104 e. The third-order valence-electron chi connectivity index (χ3n) is 5.80. The molecule has 128 valence electrons. The van der Waals surface area contributed by atoms with E-state index >= 15 is 0 Å². The Kier molecular flexibility index (Phi) is 5.21. The van der Waals surface area contributed by atoms with Gasteiger partial charge in [-0.2, -0.15) is 0 Å². The number of quaternary nitrogens is 1. The molecule has 0 amide bonds. The van der Waals surface area contributed by atoms with Gasteiger partial charge in [0.15, 0.2) is 0 Å². The summed E-state index contributed by atoms with van der Waals surface area (Å²) in [5, 5.41) is 0. The van der Waals surface area contributed by atoms with Crippen LogP contribution in [0.1, 0.15) is 27.7 Å². The van der Waals surface area contributed by atoms with Gasteiger partial charge in [0.25, 0.3) is 0 Å². The number of anilines is 2. The molecule has 0 saturated carbocycles. The van der Waals surface area contributed by atoms with Gasteiger partial charge in [0.2, 0.25) is 0 Å². The zero-order valence-electron chi connectivity index (χ0n) is 15.3. The standard InChI is InChI=1S/C21H29N2S/c1-5-23(6-2,7-3)17(4)16-22-18-12-8-10-14-20(18)24-21-15-11-9-13-19(21)22/h8-15,17H,5-7,16H2,1-4H3/q+1. The number of hydrogen-bond acceptors (Lipinski definition) is 2. The zero-order chi connectivity index (χ0) is 17.2. The van der Waals surface area contributed by atoms with Crippen molar-refractivity contribution in [3.63, 3.8) is 0 Å². The van der Waals surface area contributed by atoms with Crippen LogP contribution >= 0.6 is 11.8 Å². The molecule has 3 rings (SSSR count). The highest BCUT2D eigenvalue weighted by molar-refractivity contribution is 7.99. The second-order valence-electron chi connectivity index (χ2n) is 6.66. The molecular formula is C21H29N2S+. The van der Waals surface area contributed by atoms with Crippen molar-refractivity contribution in [2.75, 3.05) is 31.1 Å². The molecule has 24 heavy (non-hydrogen) atoms. The maximum Gasteiger partial charge on any atom is 0.104 e. The van der Waals surface area contributed by atoms with Gasteiger partial charge in [-0.05, 0) is 52.0 Å². The van der Waals surface area contributed by atoms with E-state index < -0.39 is 0 Å². The van der Waals surface area contributed by atoms with Crippen LogP contribution in [-0.2, 0) is 0 Å². The van der Waals surface area contributed by atoms with Crippen molar-refractivity contribution in [3.05, 3.63) is 48.5 Å². The zero-order valence-corrected chi connectivity index (χ0v) is 16.1. The molecule has 1 aliphatic heterocycles. The summed E-state index contributed by atoms with van der Waals surface area (Å²) in [6.07, 6.45) is 0. The second kappa shape index (κ2) is 7.20. The quantitative estimate of drug-likeness (QED) is 0.633. The number of rotatable bonds is 6. The maximum atomic E-state index is 2.54. The van der Waals surface area contributed by atoms with Gasteiger partial charge in [0.05, 0.1) is 37.6 Å². The van der Waals surface area contributed by atoms with E-state index in [1.807, 2.05) is 11.8 Å². The van der Waals surface area contributed by atoms with E-state index in [9.17, 15) is 0 Å². The minimum atomic E-state index is 0.592. The van der Waals surface area contributed by atoms with E-state index in [2.05, 4.69) is 81.1 Å². The van der Waals surface area contributed by atoms with Gasteiger partial charge >= 0.3 is 0 Å². The van der Waals surface area contributed by atoms with Crippen molar-refractivity contribution in [2.45, 2.75) is 43.5 Å². The molecule has 2 nitrogen and oxygen atoms in total. The Balaban J connectivity index is 1.98. The maximum absolute atomic E-state index is 2.54. The van der Waals surface area contributed by atoms with E-state index in [-0.39, 0.29) is 0 Å². The van der Waals surface area contributed by atoms with E-state index in [4.69, 9.17) is 0 Å². The molecule has 1 unspecified atom stereocenters. The van der Waals surface area contributed by atoms with Gasteiger partial charge in [-0.1, -0.05) is 36.0 Å². The molecule has 2 aromatic rings. The number of para-hydroxylation sites is 2. The van der Waals surface area contributed by atoms with Crippen LogP contribution in [0.2, 0.25) is 0 Å². The molecule has 0 N–H and O–H groups in total. The topological polar surface area (TPSA) is 3.24 Å². The summed E-state index contributed by atoms with van der Waals surface area (Å²) in [7, 11) is 0. The van der Waals surface area contributed by atoms with Crippen LogP contribution in [0.15, 0.2) is 58.3 Å². The molecule has 0 spiro atoms. The van der Waals surface area contributed by atoms with Gasteiger partial charge in [0, 0.05) is 9.79 Å². The van der Waals surface area contributed by atoms with Crippen LogP contribution in [0, 0.1) is 0 Å². The molecule has 0 fully saturated rings. The Morgan fingerprint density at radius 3 is 1.75 bits per heavy atom. The van der Waals surface area contributed by atoms with Crippen LogP contribution in [-0.4, -0.2) is 36.7 Å². The van der Waals surface area contributed by atoms with Crippen LogP contribution in [0.4, 0.5) is 11.4 Å². The molecule has 1 heterocycles. The first-order chi connectivity index (χ1) is 11.6. The molecule has 2 aromatic carbocycles. The average molecular weight is 342 g/mol. The highest BCUT2D eigenvalue weighted by Gasteiger charge is 2.33. The Bertz CT molecular complexity index is 640. The van der Waals surface area contributed by atoms with Gasteiger partial charge in [-0.15, -0.1) is 0 Å². The first kappa shape index (κ1) is 17.4. The highest BCUT2D eigenvalue weighted by Crippen LogP contribution is 2.48.